The van der Waals surface area contributed by atoms with Crippen molar-refractivity contribution in [3.63, 3.8) is 0 Å². The molecule has 3 rings (SSSR count). The molecule has 1 atom stereocenters. The largest absolute Gasteiger partial charge is 0.445 e. The fraction of sp³-hybridized carbons (Fsp3) is 0.182. The van der Waals surface area contributed by atoms with E-state index >= 15 is 0 Å². The van der Waals surface area contributed by atoms with Crippen molar-refractivity contribution in [3.8, 4) is 11.3 Å². The van der Waals surface area contributed by atoms with Crippen LogP contribution in [0.1, 0.15) is 18.1 Å². The molecule has 0 fully saturated rings. The average Bonchev–Trinajstić information content (AvgIpc) is 2.73. The van der Waals surface area contributed by atoms with Crippen molar-refractivity contribution in [1.29, 1.82) is 0 Å². The Balaban J connectivity index is 1.80. The molecule has 0 spiro atoms. The summed E-state index contributed by atoms with van der Waals surface area (Å²) in [5.74, 6) is -0.382. The predicted molar refractivity (Wildman–Crippen MR) is 108 cm³/mol. The van der Waals surface area contributed by atoms with Crippen molar-refractivity contribution >= 4 is 17.7 Å². The summed E-state index contributed by atoms with van der Waals surface area (Å²) < 4.78 is 32.4. The molecule has 7 heteroatoms. The first-order valence-corrected chi connectivity index (χ1v) is 9.26. The van der Waals surface area contributed by atoms with E-state index in [1.54, 1.807) is 18.2 Å². The number of ether oxygens (including phenoxy) is 1. The summed E-state index contributed by atoms with van der Waals surface area (Å²) in [6.07, 6.45) is -0.759. The van der Waals surface area contributed by atoms with Gasteiger partial charge in [0.2, 0.25) is 0 Å². The minimum Gasteiger partial charge on any atom is -0.445 e. The molecule has 0 radical (unpaired) electrons. The summed E-state index contributed by atoms with van der Waals surface area (Å²) in [7, 11) is 0. The lowest BCUT2D eigenvalue weighted by molar-refractivity contribution is 0.122. The summed E-state index contributed by atoms with van der Waals surface area (Å²) in [5, 5.41) is 2.69. The topological polar surface area (TPSA) is 51.2 Å². The monoisotopic (exact) mass is 416 g/mol. The van der Waals surface area contributed by atoms with Crippen molar-refractivity contribution in [2.45, 2.75) is 19.1 Å². The molecule has 1 N–H and O–H groups in total. The Morgan fingerprint density at radius 1 is 1.14 bits per heavy atom. The smallest absolute Gasteiger partial charge is 0.408 e. The SMILES string of the molecule is C[C@@](CF)(NC(=O)OCc1ccccc1)c1cc(Cl)nc(-c2ccc(F)cc2)c1. The number of halogens is 3. The summed E-state index contributed by atoms with van der Waals surface area (Å²) >= 11 is 6.12. The lowest BCUT2D eigenvalue weighted by atomic mass is 9.93. The number of aromatic nitrogens is 1. The number of alkyl halides is 1. The van der Waals surface area contributed by atoms with E-state index in [2.05, 4.69) is 10.3 Å². The predicted octanol–water partition coefficient (Wildman–Crippen LogP) is 5.65. The lowest BCUT2D eigenvalue weighted by Crippen LogP contribution is -2.45. The molecular formula is C22H19ClF2N2O2. The maximum Gasteiger partial charge on any atom is 0.408 e. The van der Waals surface area contributed by atoms with E-state index in [4.69, 9.17) is 16.3 Å². The molecule has 4 nitrogen and oxygen atoms in total. The summed E-state index contributed by atoms with van der Waals surface area (Å²) in [6.45, 7) is 0.695. The van der Waals surface area contributed by atoms with Crippen molar-refractivity contribution in [2.24, 2.45) is 0 Å². The number of carbonyl (C=O) groups excluding carboxylic acids is 1. The average molecular weight is 417 g/mol. The van der Waals surface area contributed by atoms with Crippen LogP contribution >= 0.6 is 11.6 Å². The van der Waals surface area contributed by atoms with Crippen LogP contribution in [0.15, 0.2) is 66.7 Å². The highest BCUT2D eigenvalue weighted by Crippen LogP contribution is 2.29. The first-order valence-electron chi connectivity index (χ1n) is 8.88. The van der Waals surface area contributed by atoms with E-state index in [9.17, 15) is 13.6 Å². The molecule has 29 heavy (non-hydrogen) atoms. The minimum atomic E-state index is -1.38. The zero-order valence-corrected chi connectivity index (χ0v) is 16.4. The highest BCUT2D eigenvalue weighted by Gasteiger charge is 2.31. The molecule has 0 saturated carbocycles. The van der Waals surface area contributed by atoms with E-state index in [1.807, 2.05) is 30.3 Å². The second kappa shape index (κ2) is 9.01. The molecule has 150 valence electrons. The molecule has 0 aliphatic carbocycles. The fourth-order valence-electron chi connectivity index (χ4n) is 2.75. The van der Waals surface area contributed by atoms with Crippen LogP contribution in [0.2, 0.25) is 5.15 Å². The number of amides is 1. The normalized spacial score (nSPS) is 12.8. The third kappa shape index (κ3) is 5.29. The minimum absolute atomic E-state index is 0.0625. The van der Waals surface area contributed by atoms with Gasteiger partial charge in [-0.05, 0) is 54.4 Å². The van der Waals surface area contributed by atoms with Crippen LogP contribution in [0.25, 0.3) is 11.3 Å². The Labute approximate surface area is 172 Å². The molecule has 1 heterocycles. The Morgan fingerprint density at radius 3 is 2.48 bits per heavy atom. The summed E-state index contributed by atoms with van der Waals surface area (Å²) in [4.78, 5) is 16.5. The van der Waals surface area contributed by atoms with Crippen molar-refractivity contribution in [3.05, 3.63) is 88.8 Å². The second-order valence-electron chi connectivity index (χ2n) is 6.72. The van der Waals surface area contributed by atoms with Gasteiger partial charge in [0.1, 0.15) is 24.3 Å². The molecule has 1 aromatic heterocycles. The first-order chi connectivity index (χ1) is 13.9. The number of rotatable bonds is 6. The van der Waals surface area contributed by atoms with Gasteiger partial charge in [-0.1, -0.05) is 41.9 Å². The fourth-order valence-corrected chi connectivity index (χ4v) is 2.96. The maximum atomic E-state index is 14.0. The van der Waals surface area contributed by atoms with Gasteiger partial charge in [0.05, 0.1) is 11.2 Å². The second-order valence-corrected chi connectivity index (χ2v) is 7.11. The number of pyridine rings is 1. The molecule has 0 saturated heterocycles. The van der Waals surface area contributed by atoms with Crippen molar-refractivity contribution in [1.82, 2.24) is 10.3 Å². The van der Waals surface area contributed by atoms with Gasteiger partial charge in [-0.25, -0.2) is 18.6 Å². The molecule has 1 amide bonds. The number of hydrogen-bond acceptors (Lipinski definition) is 3. The molecule has 2 aromatic carbocycles. The number of carbonyl (C=O) groups is 1. The number of benzene rings is 2. The highest BCUT2D eigenvalue weighted by molar-refractivity contribution is 6.29. The Kier molecular flexibility index (Phi) is 6.44. The summed E-state index contributed by atoms with van der Waals surface area (Å²) in [6, 6.07) is 17.9. The van der Waals surface area contributed by atoms with Gasteiger partial charge in [-0.15, -0.1) is 0 Å². The molecule has 0 aliphatic rings. The number of alkyl carbamates (subject to hydrolysis) is 1. The standard InChI is InChI=1S/C22H19ClF2N2O2/c1-22(14-24,27-21(28)29-13-15-5-3-2-4-6-15)17-11-19(26-20(23)12-17)16-7-9-18(25)10-8-16/h2-12H,13-14H2,1H3,(H,27,28)/t22-/m0/s1. The van der Waals surface area contributed by atoms with Crippen molar-refractivity contribution < 1.29 is 18.3 Å². The zero-order chi connectivity index (χ0) is 20.9. The Hall–Kier alpha value is -2.99. The van der Waals surface area contributed by atoms with Gasteiger partial charge in [-0.2, -0.15) is 0 Å². The van der Waals surface area contributed by atoms with Gasteiger partial charge in [0.15, 0.2) is 0 Å². The zero-order valence-electron chi connectivity index (χ0n) is 15.7. The maximum absolute atomic E-state index is 14.0. The quantitative estimate of drug-likeness (QED) is 0.528. The van der Waals surface area contributed by atoms with Crippen LogP contribution in [0.3, 0.4) is 0 Å². The van der Waals surface area contributed by atoms with Crippen molar-refractivity contribution in [2.75, 3.05) is 6.67 Å². The van der Waals surface area contributed by atoms with Crippen LogP contribution in [-0.4, -0.2) is 17.8 Å². The van der Waals surface area contributed by atoms with Gasteiger partial charge in [0, 0.05) is 5.56 Å². The van der Waals surface area contributed by atoms with E-state index < -0.39 is 18.3 Å². The van der Waals surface area contributed by atoms with Crippen LogP contribution in [0.5, 0.6) is 0 Å². The van der Waals surface area contributed by atoms with E-state index in [-0.39, 0.29) is 17.6 Å². The van der Waals surface area contributed by atoms with E-state index in [0.29, 0.717) is 16.8 Å². The lowest BCUT2D eigenvalue weighted by Gasteiger charge is -2.28. The number of nitrogens with one attached hydrogen (secondary N) is 1. The summed E-state index contributed by atoms with van der Waals surface area (Å²) in [5.41, 5.74) is 0.899. The van der Waals surface area contributed by atoms with Crippen LogP contribution in [0.4, 0.5) is 13.6 Å². The van der Waals surface area contributed by atoms with Gasteiger partial charge in [0.25, 0.3) is 0 Å². The Morgan fingerprint density at radius 2 is 1.83 bits per heavy atom. The molecule has 3 aromatic rings. The first kappa shape index (κ1) is 20.7. The number of hydrogen-bond donors (Lipinski definition) is 1. The van der Waals surface area contributed by atoms with Gasteiger partial charge in [-0.3, -0.25) is 0 Å². The van der Waals surface area contributed by atoms with E-state index in [0.717, 1.165) is 5.56 Å². The molecular weight excluding hydrogens is 398 g/mol. The molecule has 0 aliphatic heterocycles. The van der Waals surface area contributed by atoms with E-state index in [1.165, 1.54) is 25.1 Å². The van der Waals surface area contributed by atoms with Crippen LogP contribution in [0, 0.1) is 5.82 Å². The van der Waals surface area contributed by atoms with Crippen LogP contribution in [-0.2, 0) is 16.9 Å². The molecule has 0 unspecified atom stereocenters. The van der Waals surface area contributed by atoms with Gasteiger partial charge < -0.3 is 10.1 Å². The third-order valence-electron chi connectivity index (χ3n) is 4.43. The Bertz CT molecular complexity index is 984. The molecule has 0 bridgehead atoms. The number of nitrogens with zero attached hydrogens (tertiary/aromatic N) is 1. The highest BCUT2D eigenvalue weighted by atomic mass is 35.5. The van der Waals surface area contributed by atoms with Crippen LogP contribution < -0.4 is 5.32 Å². The third-order valence-corrected chi connectivity index (χ3v) is 4.62. The van der Waals surface area contributed by atoms with Gasteiger partial charge >= 0.3 is 6.09 Å².